The van der Waals surface area contributed by atoms with E-state index < -0.39 is 5.97 Å². The monoisotopic (exact) mass is 949 g/mol. The lowest BCUT2D eigenvalue weighted by molar-refractivity contribution is -0.135. The molecule has 3 aliphatic rings. The molecule has 14 heteroatoms. The van der Waals surface area contributed by atoms with E-state index in [2.05, 4.69) is 123 Å². The van der Waals surface area contributed by atoms with Crippen molar-refractivity contribution in [2.24, 2.45) is 35.5 Å². The Bertz CT molecular complexity index is 2010. The highest BCUT2D eigenvalue weighted by atomic mass is 16.5. The Morgan fingerprint density at radius 3 is 1.24 bits per heavy atom. The van der Waals surface area contributed by atoms with E-state index in [0.717, 1.165) is 57.0 Å². The Hall–Kier alpha value is -5.27. The number of nitrogens with one attached hydrogen (secondary N) is 2. The molecule has 0 radical (unpaired) electrons. The van der Waals surface area contributed by atoms with Gasteiger partial charge < -0.3 is 34.9 Å². The first-order valence-electron chi connectivity index (χ1n) is 24.5. The quantitative estimate of drug-likeness (QED) is 0.195. The summed E-state index contributed by atoms with van der Waals surface area (Å²) in [5.41, 5.74) is 8.41. The fourth-order valence-corrected chi connectivity index (χ4v) is 7.75. The van der Waals surface area contributed by atoms with E-state index in [1.54, 1.807) is 23.4 Å². The number of carboxylic acids is 1. The van der Waals surface area contributed by atoms with Gasteiger partial charge in [-0.2, -0.15) is 0 Å². The molecule has 0 fully saturated rings. The van der Waals surface area contributed by atoms with Gasteiger partial charge in [-0.15, -0.1) is 0 Å². The van der Waals surface area contributed by atoms with Crippen LogP contribution in [0.4, 0.5) is 0 Å². The number of nitrogens with zero attached hydrogens (tertiary/aromatic N) is 4. The van der Waals surface area contributed by atoms with Crippen LogP contribution >= 0.6 is 0 Å². The highest BCUT2D eigenvalue weighted by molar-refractivity contribution is 5.86. The minimum absolute atomic E-state index is 0.0399. The largest absolute Gasteiger partial charge is 0.486 e. The Balaban J connectivity index is 0.000000426. The number of aryl methyl sites for hydroxylation is 1. The summed E-state index contributed by atoms with van der Waals surface area (Å²) in [5, 5.41) is 14.7. The highest BCUT2D eigenvalue weighted by Crippen LogP contribution is 2.30. The van der Waals surface area contributed by atoms with E-state index in [9.17, 15) is 19.2 Å². The van der Waals surface area contributed by atoms with Crippen LogP contribution < -0.4 is 10.6 Å². The molecular weight excluding hydrogens is 861 g/mol. The van der Waals surface area contributed by atoms with Gasteiger partial charge in [0, 0.05) is 42.9 Å². The lowest BCUT2D eigenvalue weighted by Gasteiger charge is -2.32. The van der Waals surface area contributed by atoms with Gasteiger partial charge in [-0.25, -0.2) is 9.78 Å². The number of allylic oxidation sites excluding steroid dienone is 6. The smallest absolute Gasteiger partial charge is 0.354 e. The summed E-state index contributed by atoms with van der Waals surface area (Å²) in [6, 6.07) is 1.66. The van der Waals surface area contributed by atoms with Gasteiger partial charge in [0.2, 0.25) is 0 Å². The van der Waals surface area contributed by atoms with Gasteiger partial charge >= 0.3 is 5.97 Å². The van der Waals surface area contributed by atoms with E-state index in [4.69, 9.17) is 19.3 Å². The number of ether oxygens (including phenoxy) is 3. The summed E-state index contributed by atoms with van der Waals surface area (Å²) >= 11 is 0. The molecular formula is C54H88N6O8. The summed E-state index contributed by atoms with van der Waals surface area (Å²) in [6.45, 7) is 44.1. The molecule has 2 aromatic rings. The van der Waals surface area contributed by atoms with E-state index in [0.29, 0.717) is 53.3 Å². The van der Waals surface area contributed by atoms with Crippen molar-refractivity contribution in [1.29, 1.82) is 0 Å². The molecule has 14 nitrogen and oxygen atoms in total. The zero-order valence-electron chi connectivity index (χ0n) is 45.7. The van der Waals surface area contributed by atoms with Crippen LogP contribution in [0.25, 0.3) is 0 Å². The predicted molar refractivity (Wildman–Crippen MR) is 271 cm³/mol. The van der Waals surface area contributed by atoms with Crippen LogP contribution in [-0.4, -0.2) is 75.5 Å². The molecule has 0 aromatic carbocycles. The summed E-state index contributed by atoms with van der Waals surface area (Å²) in [5.74, 6) is 5.28. The van der Waals surface area contributed by atoms with Crippen molar-refractivity contribution in [3.63, 3.8) is 0 Å². The molecule has 2 aromatic heterocycles. The molecule has 5 heterocycles. The first kappa shape index (κ1) is 60.7. The molecule has 0 unspecified atom stereocenters. The molecule has 382 valence electrons. The summed E-state index contributed by atoms with van der Waals surface area (Å²) in [4.78, 5) is 59.2. The Morgan fingerprint density at radius 2 is 0.926 bits per heavy atom. The number of hydrogen-bond acceptors (Lipinski definition) is 10. The second-order valence-corrected chi connectivity index (χ2v) is 20.5. The highest BCUT2D eigenvalue weighted by Gasteiger charge is 2.29. The molecule has 0 spiro atoms. The number of amides is 3. The van der Waals surface area contributed by atoms with Gasteiger partial charge in [0.25, 0.3) is 17.7 Å². The maximum atomic E-state index is 11.4. The standard InChI is InChI=1S/C13H19NO2.C11H19NO2.C10H16N2.2C10H17NO2/c1-7(2)11-9(5)6-10(13(15)16)14-12(11)8(3)4;1-7(2)10-11(8(3)4)14-6-9(13)12(10)5;1-7(2)9-10(8(3)4)12-6-5-11-9;2*1-6(2)9-10(7(3)4)13-5-8(12)11-9/h6-8H,1-5H3,(H,15,16);7-8H,6H2,1-5H3;5-8H,1-4H3;2*6-7H,5H2,1-4H3,(H,11,12). The van der Waals surface area contributed by atoms with Crippen LogP contribution in [0.2, 0.25) is 0 Å². The molecule has 3 amide bonds. The van der Waals surface area contributed by atoms with Crippen molar-refractivity contribution < 1.29 is 38.5 Å². The Morgan fingerprint density at radius 1 is 0.544 bits per heavy atom. The molecule has 0 aliphatic carbocycles. The third-order valence-electron chi connectivity index (χ3n) is 10.9. The van der Waals surface area contributed by atoms with Crippen LogP contribution in [0.15, 0.2) is 52.8 Å². The predicted octanol–water partition coefficient (Wildman–Crippen LogP) is 11.4. The number of rotatable bonds is 11. The van der Waals surface area contributed by atoms with Crippen LogP contribution in [0.3, 0.4) is 0 Å². The minimum atomic E-state index is -0.958. The van der Waals surface area contributed by atoms with Gasteiger partial charge in [-0.3, -0.25) is 24.4 Å². The molecule has 3 N–H and O–H groups in total. The fraction of sp³-hybridized carbons (Fsp3) is 0.648. The first-order valence-corrected chi connectivity index (χ1v) is 24.5. The zero-order chi connectivity index (χ0) is 52.5. The molecule has 0 bridgehead atoms. The number of pyridine rings is 1. The third kappa shape index (κ3) is 18.3. The van der Waals surface area contributed by atoms with Crippen LogP contribution in [0, 0.1) is 42.4 Å². The molecule has 0 atom stereocenters. The molecule has 68 heavy (non-hydrogen) atoms. The van der Waals surface area contributed by atoms with E-state index >= 15 is 0 Å². The van der Waals surface area contributed by atoms with Gasteiger partial charge in [0.05, 0.1) is 28.5 Å². The van der Waals surface area contributed by atoms with Gasteiger partial charge in [0.15, 0.2) is 19.8 Å². The van der Waals surface area contributed by atoms with Crippen molar-refractivity contribution >= 4 is 23.7 Å². The second kappa shape index (κ2) is 28.3. The van der Waals surface area contributed by atoms with Gasteiger partial charge in [-0.1, -0.05) is 138 Å². The minimum Gasteiger partial charge on any atom is -0.486 e. The maximum Gasteiger partial charge on any atom is 0.354 e. The van der Waals surface area contributed by atoms with Crippen LogP contribution in [0.5, 0.6) is 0 Å². The third-order valence-corrected chi connectivity index (χ3v) is 10.9. The number of aromatic nitrogens is 3. The number of carbonyl (C=O) groups excluding carboxylic acids is 3. The van der Waals surface area contributed by atoms with Crippen molar-refractivity contribution in [3.05, 3.63) is 86.7 Å². The summed E-state index contributed by atoms with van der Waals surface area (Å²) in [6.07, 6.45) is 3.53. The van der Waals surface area contributed by atoms with Crippen molar-refractivity contribution in [2.45, 2.75) is 169 Å². The van der Waals surface area contributed by atoms with E-state index in [-0.39, 0.29) is 49.2 Å². The van der Waals surface area contributed by atoms with Crippen molar-refractivity contribution in [2.75, 3.05) is 26.9 Å². The Kier molecular flexibility index (Phi) is 25.3. The average Bonchev–Trinajstić information content (AvgIpc) is 3.24. The SMILES string of the molecule is CC(C)C1=C(C(C)C)N(C)C(=O)CO1.CC(C)C1=C(C(C)C)OCC(=O)N1.CC(C)C1=C(C(C)C)OCC(=O)N1.CC(C)c1nccnc1C(C)C.Cc1cc(C(=O)O)nc(C(C)C)c1C(C)C. The summed E-state index contributed by atoms with van der Waals surface area (Å²) in [7, 11) is 1.82. The zero-order valence-corrected chi connectivity index (χ0v) is 45.7. The van der Waals surface area contributed by atoms with Crippen LogP contribution in [0.1, 0.15) is 201 Å². The lowest BCUT2D eigenvalue weighted by atomic mass is 9.91. The molecule has 0 saturated carbocycles. The number of hydrogen-bond donors (Lipinski definition) is 3. The fourth-order valence-electron chi connectivity index (χ4n) is 7.75. The van der Waals surface area contributed by atoms with Crippen molar-refractivity contribution in [1.82, 2.24) is 30.5 Å². The number of aromatic carboxylic acids is 1. The number of likely N-dealkylation sites (N-methyl/N-ethyl adjacent to an activating group) is 1. The second-order valence-electron chi connectivity index (χ2n) is 20.5. The Labute approximate surface area is 409 Å². The average molecular weight is 949 g/mol. The van der Waals surface area contributed by atoms with E-state index in [1.165, 1.54) is 5.56 Å². The normalized spacial score (nSPS) is 15.2. The first-order chi connectivity index (χ1) is 31.5. The van der Waals surface area contributed by atoms with Gasteiger partial charge in [0.1, 0.15) is 23.0 Å². The lowest BCUT2D eigenvalue weighted by Crippen LogP contribution is -2.38. The van der Waals surface area contributed by atoms with Crippen LogP contribution in [-0.2, 0) is 28.6 Å². The number of carboxylic acid groups (broad SMARTS) is 1. The van der Waals surface area contributed by atoms with E-state index in [1.807, 2.05) is 55.5 Å². The molecule has 3 aliphatic heterocycles. The van der Waals surface area contributed by atoms with Crippen molar-refractivity contribution in [3.8, 4) is 0 Å². The molecule has 5 rings (SSSR count). The number of carbonyl (C=O) groups is 4. The van der Waals surface area contributed by atoms with Gasteiger partial charge in [-0.05, 0) is 65.5 Å². The molecule has 0 saturated heterocycles. The summed E-state index contributed by atoms with van der Waals surface area (Å²) < 4.78 is 16.3. The maximum absolute atomic E-state index is 11.4. The topological polar surface area (TPSA) is 182 Å².